The number of hydrogen-bond acceptors (Lipinski definition) is 5. The fraction of sp³-hybridized carbons (Fsp3) is 0.364. The predicted molar refractivity (Wildman–Crippen MR) is 110 cm³/mol. The fourth-order valence-corrected chi connectivity index (χ4v) is 3.82. The van der Waals surface area contributed by atoms with E-state index in [-0.39, 0.29) is 5.91 Å². The Hall–Kier alpha value is -3.22. The van der Waals surface area contributed by atoms with Gasteiger partial charge in [-0.05, 0) is 43.9 Å². The van der Waals surface area contributed by atoms with Crippen LogP contribution < -0.4 is 4.74 Å². The Morgan fingerprint density at radius 3 is 2.86 bits per heavy atom. The molecular weight excluding hydrogens is 366 g/mol. The first kappa shape index (κ1) is 19.1. The van der Waals surface area contributed by atoms with Crippen molar-refractivity contribution in [3.63, 3.8) is 0 Å². The molecule has 1 aliphatic heterocycles. The summed E-state index contributed by atoms with van der Waals surface area (Å²) in [6.45, 7) is 5.66. The summed E-state index contributed by atoms with van der Waals surface area (Å²) >= 11 is 0. The van der Waals surface area contributed by atoms with Gasteiger partial charge in [0.1, 0.15) is 5.75 Å². The number of ether oxygens (including phenoxy) is 1. The predicted octanol–water partition coefficient (Wildman–Crippen LogP) is 3.52. The third-order valence-electron chi connectivity index (χ3n) is 5.40. The molecule has 150 valence electrons. The molecule has 29 heavy (non-hydrogen) atoms. The molecule has 0 N–H and O–H groups in total. The molecule has 1 atom stereocenters. The first-order chi connectivity index (χ1) is 14.1. The lowest BCUT2D eigenvalue weighted by molar-refractivity contribution is 0.0682. The summed E-state index contributed by atoms with van der Waals surface area (Å²) in [6, 6.07) is 9.54. The molecule has 0 spiro atoms. The number of piperidine rings is 1. The van der Waals surface area contributed by atoms with Gasteiger partial charge in [0.05, 0.1) is 30.3 Å². The largest absolute Gasteiger partial charge is 0.496 e. The van der Waals surface area contributed by atoms with Crippen LogP contribution in [-0.2, 0) is 0 Å². The highest BCUT2D eigenvalue weighted by molar-refractivity contribution is 5.95. The molecule has 0 bridgehead atoms. The van der Waals surface area contributed by atoms with E-state index in [9.17, 15) is 4.79 Å². The lowest BCUT2D eigenvalue weighted by Crippen LogP contribution is -2.39. The highest BCUT2D eigenvalue weighted by Crippen LogP contribution is 2.28. The van der Waals surface area contributed by atoms with Crippen LogP contribution in [0.1, 0.15) is 35.8 Å². The SMILES string of the molecule is COc1ccccc1-c1ccnc(-n2ncc(C(=O)N3CCC[C@@H](C)C3)c2C)n1. The number of nitrogens with zero attached hydrogens (tertiary/aromatic N) is 5. The van der Waals surface area contributed by atoms with Crippen molar-refractivity contribution in [1.29, 1.82) is 0 Å². The minimum Gasteiger partial charge on any atom is -0.496 e. The lowest BCUT2D eigenvalue weighted by atomic mass is 9.99. The number of amides is 1. The maximum absolute atomic E-state index is 13.0. The van der Waals surface area contributed by atoms with Crippen molar-refractivity contribution in [3.8, 4) is 23.0 Å². The van der Waals surface area contributed by atoms with Gasteiger partial charge in [0.15, 0.2) is 0 Å². The second kappa shape index (κ2) is 8.03. The molecule has 0 unspecified atom stereocenters. The third-order valence-corrected chi connectivity index (χ3v) is 5.40. The Morgan fingerprint density at radius 1 is 1.24 bits per heavy atom. The van der Waals surface area contributed by atoms with Crippen LogP contribution in [-0.4, -0.2) is 50.8 Å². The lowest BCUT2D eigenvalue weighted by Gasteiger charge is -2.30. The van der Waals surface area contributed by atoms with Gasteiger partial charge in [0, 0.05) is 24.8 Å². The van der Waals surface area contributed by atoms with E-state index in [1.165, 1.54) is 6.42 Å². The van der Waals surface area contributed by atoms with Crippen molar-refractivity contribution < 1.29 is 9.53 Å². The first-order valence-corrected chi connectivity index (χ1v) is 9.89. The van der Waals surface area contributed by atoms with E-state index in [0.29, 0.717) is 17.4 Å². The molecule has 3 aromatic rings. The van der Waals surface area contributed by atoms with Gasteiger partial charge in [-0.1, -0.05) is 19.1 Å². The van der Waals surface area contributed by atoms with Gasteiger partial charge in [-0.25, -0.2) is 14.6 Å². The monoisotopic (exact) mass is 391 g/mol. The second-order valence-corrected chi connectivity index (χ2v) is 7.50. The first-order valence-electron chi connectivity index (χ1n) is 9.89. The van der Waals surface area contributed by atoms with E-state index in [1.807, 2.05) is 42.2 Å². The summed E-state index contributed by atoms with van der Waals surface area (Å²) in [4.78, 5) is 24.0. The molecule has 4 rings (SSSR count). The molecule has 0 aliphatic carbocycles. The maximum Gasteiger partial charge on any atom is 0.257 e. The summed E-state index contributed by atoms with van der Waals surface area (Å²) in [5, 5.41) is 4.41. The summed E-state index contributed by atoms with van der Waals surface area (Å²) in [5.41, 5.74) is 2.96. The van der Waals surface area contributed by atoms with Gasteiger partial charge >= 0.3 is 0 Å². The van der Waals surface area contributed by atoms with Crippen molar-refractivity contribution in [2.75, 3.05) is 20.2 Å². The number of aromatic nitrogens is 4. The second-order valence-electron chi connectivity index (χ2n) is 7.50. The van der Waals surface area contributed by atoms with Gasteiger partial charge in [-0.2, -0.15) is 5.10 Å². The van der Waals surface area contributed by atoms with Crippen molar-refractivity contribution in [2.45, 2.75) is 26.7 Å². The van der Waals surface area contributed by atoms with Crippen molar-refractivity contribution in [1.82, 2.24) is 24.6 Å². The molecule has 3 heterocycles. The molecule has 2 aromatic heterocycles. The zero-order chi connectivity index (χ0) is 20.4. The number of carbonyl (C=O) groups is 1. The molecule has 1 fully saturated rings. The highest BCUT2D eigenvalue weighted by Gasteiger charge is 2.25. The van der Waals surface area contributed by atoms with Gasteiger partial charge < -0.3 is 9.64 Å². The Labute approximate surface area is 170 Å². The van der Waals surface area contributed by atoms with Crippen LogP contribution in [0.5, 0.6) is 5.75 Å². The van der Waals surface area contributed by atoms with Crippen LogP contribution in [0.4, 0.5) is 0 Å². The van der Waals surface area contributed by atoms with E-state index in [1.54, 1.807) is 24.2 Å². The molecule has 7 heteroatoms. The van der Waals surface area contributed by atoms with Gasteiger partial charge in [-0.3, -0.25) is 4.79 Å². The van der Waals surface area contributed by atoms with Crippen LogP contribution in [0.15, 0.2) is 42.7 Å². The average molecular weight is 391 g/mol. The van der Waals surface area contributed by atoms with Crippen LogP contribution >= 0.6 is 0 Å². The molecule has 1 amide bonds. The van der Waals surface area contributed by atoms with Crippen LogP contribution in [0.25, 0.3) is 17.2 Å². The summed E-state index contributed by atoms with van der Waals surface area (Å²) in [7, 11) is 1.64. The number of likely N-dealkylation sites (tertiary alicyclic amines) is 1. The molecule has 7 nitrogen and oxygen atoms in total. The zero-order valence-corrected chi connectivity index (χ0v) is 17.0. The van der Waals surface area contributed by atoms with E-state index in [2.05, 4.69) is 22.0 Å². The number of para-hydroxylation sites is 1. The molecular formula is C22H25N5O2. The minimum absolute atomic E-state index is 0.0289. The standard InChI is InChI=1S/C22H25N5O2/c1-15-7-6-12-26(14-15)21(28)18-13-24-27(16(18)2)22-23-11-10-19(25-22)17-8-4-5-9-20(17)29-3/h4-5,8-11,13,15H,6-7,12,14H2,1-3H3/t15-/m1/s1. The summed E-state index contributed by atoms with van der Waals surface area (Å²) < 4.78 is 7.07. The Kier molecular flexibility index (Phi) is 5.29. The molecule has 0 saturated carbocycles. The Bertz CT molecular complexity index is 1030. The fourth-order valence-electron chi connectivity index (χ4n) is 3.82. The number of methoxy groups -OCH3 is 1. The van der Waals surface area contributed by atoms with Crippen LogP contribution in [0, 0.1) is 12.8 Å². The van der Waals surface area contributed by atoms with Crippen molar-refractivity contribution >= 4 is 5.91 Å². The number of carbonyl (C=O) groups excluding carboxylic acids is 1. The van der Waals surface area contributed by atoms with Gasteiger partial charge in [0.25, 0.3) is 11.9 Å². The third kappa shape index (κ3) is 3.72. The van der Waals surface area contributed by atoms with E-state index >= 15 is 0 Å². The van der Waals surface area contributed by atoms with Gasteiger partial charge in [0.2, 0.25) is 0 Å². The van der Waals surface area contributed by atoms with Crippen molar-refractivity contribution in [3.05, 3.63) is 54.0 Å². The highest BCUT2D eigenvalue weighted by atomic mass is 16.5. The van der Waals surface area contributed by atoms with Crippen LogP contribution in [0.2, 0.25) is 0 Å². The summed E-state index contributed by atoms with van der Waals surface area (Å²) in [6.07, 6.45) is 5.53. The number of hydrogen-bond donors (Lipinski definition) is 0. The average Bonchev–Trinajstić information content (AvgIpc) is 3.14. The quantitative estimate of drug-likeness (QED) is 0.680. The molecule has 1 aromatic carbocycles. The molecule has 0 radical (unpaired) electrons. The normalized spacial score (nSPS) is 16.7. The topological polar surface area (TPSA) is 73.1 Å². The Balaban J connectivity index is 1.66. The Morgan fingerprint density at radius 2 is 2.07 bits per heavy atom. The number of benzene rings is 1. The maximum atomic E-state index is 13.0. The van der Waals surface area contributed by atoms with Crippen LogP contribution in [0.3, 0.4) is 0 Å². The van der Waals surface area contributed by atoms with Gasteiger partial charge in [-0.15, -0.1) is 0 Å². The molecule has 1 saturated heterocycles. The van der Waals surface area contributed by atoms with E-state index in [4.69, 9.17) is 4.74 Å². The van der Waals surface area contributed by atoms with E-state index in [0.717, 1.165) is 42.2 Å². The van der Waals surface area contributed by atoms with Crippen molar-refractivity contribution in [2.24, 2.45) is 5.92 Å². The number of rotatable bonds is 4. The minimum atomic E-state index is 0.0289. The smallest absolute Gasteiger partial charge is 0.257 e. The van der Waals surface area contributed by atoms with E-state index < -0.39 is 0 Å². The zero-order valence-electron chi connectivity index (χ0n) is 17.0. The molecule has 1 aliphatic rings. The summed E-state index contributed by atoms with van der Waals surface area (Å²) in [5.74, 6) is 1.73.